The Balaban J connectivity index is 1.64. The molecule has 0 aliphatic carbocycles. The highest BCUT2D eigenvalue weighted by Crippen LogP contribution is 2.21. The molecule has 4 rings (SSSR count). The van der Waals surface area contributed by atoms with Crippen LogP contribution in [0.1, 0.15) is 5.89 Å². The highest BCUT2D eigenvalue weighted by atomic mass is 16.5. The summed E-state index contributed by atoms with van der Waals surface area (Å²) in [4.78, 5) is 16.4. The first-order valence-corrected chi connectivity index (χ1v) is 7.83. The van der Waals surface area contributed by atoms with Crippen molar-refractivity contribution in [1.29, 1.82) is 0 Å². The Morgan fingerprint density at radius 2 is 1.73 bits per heavy atom. The van der Waals surface area contributed by atoms with Gasteiger partial charge in [-0.2, -0.15) is 4.98 Å². The van der Waals surface area contributed by atoms with E-state index in [0.29, 0.717) is 23.0 Å². The second-order valence-corrected chi connectivity index (χ2v) is 5.46. The summed E-state index contributed by atoms with van der Waals surface area (Å²) in [6, 6.07) is 16.6. The van der Waals surface area contributed by atoms with Crippen LogP contribution in [-0.2, 0) is 6.54 Å². The van der Waals surface area contributed by atoms with Gasteiger partial charge in [-0.15, -0.1) is 0 Å². The smallest absolute Gasteiger partial charge is 0.442 e. The van der Waals surface area contributed by atoms with E-state index in [1.807, 2.05) is 30.3 Å². The third kappa shape index (κ3) is 3.00. The molecule has 0 N–H and O–H groups in total. The molecule has 0 atom stereocenters. The van der Waals surface area contributed by atoms with E-state index >= 15 is 0 Å². The molecule has 0 unspecified atom stereocenters. The molecule has 0 aliphatic rings. The largest absolute Gasteiger partial charge is 0.497 e. The minimum Gasteiger partial charge on any atom is -0.497 e. The Morgan fingerprint density at radius 3 is 2.46 bits per heavy atom. The molecule has 0 amide bonds. The normalized spacial score (nSPS) is 10.8. The fourth-order valence-electron chi connectivity index (χ4n) is 2.51. The lowest BCUT2D eigenvalue weighted by atomic mass is 10.2. The molecule has 0 spiro atoms. The minimum atomic E-state index is -0.602. The number of ether oxygens (including phenoxy) is 1. The molecule has 8 heteroatoms. The van der Waals surface area contributed by atoms with Crippen LogP contribution in [0.25, 0.3) is 22.8 Å². The van der Waals surface area contributed by atoms with Crippen LogP contribution in [0, 0.1) is 0 Å². The van der Waals surface area contributed by atoms with E-state index < -0.39 is 5.76 Å². The van der Waals surface area contributed by atoms with Crippen LogP contribution in [-0.4, -0.2) is 27.0 Å². The Kier molecular flexibility index (Phi) is 4.06. The number of benzene rings is 2. The standard InChI is InChI=1S/C18H14N4O4/c1-24-14-9-7-13(8-10-14)17-21-26-18(23)22(17)11-15-19-16(20-25-15)12-5-3-2-4-6-12/h2-10H,11H2,1H3. The van der Waals surface area contributed by atoms with E-state index in [0.717, 1.165) is 5.56 Å². The van der Waals surface area contributed by atoms with Gasteiger partial charge in [-0.25, -0.2) is 9.36 Å². The van der Waals surface area contributed by atoms with Gasteiger partial charge in [0, 0.05) is 11.1 Å². The maximum Gasteiger partial charge on any atom is 0.442 e. The lowest BCUT2D eigenvalue weighted by Gasteiger charge is -2.03. The molecule has 0 radical (unpaired) electrons. The first-order chi connectivity index (χ1) is 12.7. The number of nitrogens with zero attached hydrogens (tertiary/aromatic N) is 4. The van der Waals surface area contributed by atoms with Gasteiger partial charge in [0.1, 0.15) is 12.3 Å². The zero-order valence-electron chi connectivity index (χ0n) is 13.8. The molecule has 4 aromatic rings. The van der Waals surface area contributed by atoms with Crippen LogP contribution < -0.4 is 10.5 Å². The minimum absolute atomic E-state index is 0.0591. The zero-order valence-corrected chi connectivity index (χ0v) is 13.8. The summed E-state index contributed by atoms with van der Waals surface area (Å²) in [5.74, 6) is 1.21. The third-order valence-electron chi connectivity index (χ3n) is 3.83. The van der Waals surface area contributed by atoms with E-state index in [1.54, 1.807) is 31.4 Å². The third-order valence-corrected chi connectivity index (χ3v) is 3.83. The van der Waals surface area contributed by atoms with Crippen LogP contribution in [0.3, 0.4) is 0 Å². The quantitative estimate of drug-likeness (QED) is 0.546. The zero-order chi connectivity index (χ0) is 17.9. The highest BCUT2D eigenvalue weighted by molar-refractivity contribution is 5.56. The summed E-state index contributed by atoms with van der Waals surface area (Å²) in [5, 5.41) is 7.80. The Labute approximate surface area is 147 Å². The van der Waals surface area contributed by atoms with Crippen molar-refractivity contribution in [1.82, 2.24) is 19.9 Å². The van der Waals surface area contributed by atoms with Crippen LogP contribution in [0.5, 0.6) is 5.75 Å². The molecule has 0 saturated heterocycles. The van der Waals surface area contributed by atoms with E-state index in [-0.39, 0.29) is 12.4 Å². The molecule has 0 bridgehead atoms. The predicted molar refractivity (Wildman–Crippen MR) is 91.6 cm³/mol. The van der Waals surface area contributed by atoms with Gasteiger partial charge < -0.3 is 9.26 Å². The number of hydrogen-bond donors (Lipinski definition) is 0. The summed E-state index contributed by atoms with van der Waals surface area (Å²) in [7, 11) is 1.58. The Bertz CT molecular complexity index is 1060. The van der Waals surface area contributed by atoms with Crippen LogP contribution in [0.15, 0.2) is 68.4 Å². The van der Waals surface area contributed by atoms with Gasteiger partial charge in [0.2, 0.25) is 11.7 Å². The van der Waals surface area contributed by atoms with E-state index in [1.165, 1.54) is 4.57 Å². The molecule has 0 saturated carbocycles. The molecular weight excluding hydrogens is 336 g/mol. The van der Waals surface area contributed by atoms with Crippen molar-refractivity contribution in [3.05, 3.63) is 71.0 Å². The maximum atomic E-state index is 12.0. The van der Waals surface area contributed by atoms with Crippen LogP contribution in [0.4, 0.5) is 0 Å². The fraction of sp³-hybridized carbons (Fsp3) is 0.111. The number of methoxy groups -OCH3 is 1. The van der Waals surface area contributed by atoms with Gasteiger partial charge in [0.05, 0.1) is 7.11 Å². The van der Waals surface area contributed by atoms with Crippen molar-refractivity contribution in [2.45, 2.75) is 6.54 Å². The molecule has 0 aliphatic heterocycles. The number of rotatable bonds is 5. The van der Waals surface area contributed by atoms with Crippen molar-refractivity contribution in [2.75, 3.05) is 7.11 Å². The summed E-state index contributed by atoms with van der Waals surface area (Å²) in [6.45, 7) is 0.0591. The topological polar surface area (TPSA) is 96.2 Å². The summed E-state index contributed by atoms with van der Waals surface area (Å²) >= 11 is 0. The molecule has 2 heterocycles. The van der Waals surface area contributed by atoms with Gasteiger partial charge in [0.15, 0.2) is 5.82 Å². The van der Waals surface area contributed by atoms with Crippen molar-refractivity contribution >= 4 is 0 Å². The van der Waals surface area contributed by atoms with Gasteiger partial charge in [-0.3, -0.25) is 4.52 Å². The van der Waals surface area contributed by atoms with Crippen molar-refractivity contribution in [3.8, 4) is 28.5 Å². The first-order valence-electron chi connectivity index (χ1n) is 7.83. The van der Waals surface area contributed by atoms with Crippen LogP contribution in [0.2, 0.25) is 0 Å². The van der Waals surface area contributed by atoms with E-state index in [4.69, 9.17) is 13.8 Å². The second-order valence-electron chi connectivity index (χ2n) is 5.46. The molecular formula is C18H14N4O4. The molecule has 0 fully saturated rings. The van der Waals surface area contributed by atoms with E-state index in [2.05, 4.69) is 15.3 Å². The highest BCUT2D eigenvalue weighted by Gasteiger charge is 2.17. The van der Waals surface area contributed by atoms with Crippen LogP contribution >= 0.6 is 0 Å². The number of hydrogen-bond acceptors (Lipinski definition) is 7. The maximum absolute atomic E-state index is 12.0. The molecule has 2 aromatic carbocycles. The van der Waals surface area contributed by atoms with Gasteiger partial charge in [-0.05, 0) is 24.3 Å². The summed E-state index contributed by atoms with van der Waals surface area (Å²) in [6.07, 6.45) is 0. The molecule has 2 aromatic heterocycles. The van der Waals surface area contributed by atoms with E-state index in [9.17, 15) is 4.79 Å². The van der Waals surface area contributed by atoms with Gasteiger partial charge in [-0.1, -0.05) is 40.6 Å². The molecule has 26 heavy (non-hydrogen) atoms. The predicted octanol–water partition coefficient (Wildman–Crippen LogP) is 2.61. The van der Waals surface area contributed by atoms with Gasteiger partial charge in [0.25, 0.3) is 0 Å². The van der Waals surface area contributed by atoms with Gasteiger partial charge >= 0.3 is 5.76 Å². The fourth-order valence-corrected chi connectivity index (χ4v) is 2.51. The lowest BCUT2D eigenvalue weighted by Crippen LogP contribution is -2.16. The lowest BCUT2D eigenvalue weighted by molar-refractivity contribution is 0.354. The average molecular weight is 350 g/mol. The SMILES string of the molecule is COc1ccc(-c2noc(=O)n2Cc2nc(-c3ccccc3)no2)cc1. The summed E-state index contributed by atoms with van der Waals surface area (Å²) < 4.78 is 16.5. The monoisotopic (exact) mass is 350 g/mol. The Hall–Kier alpha value is -3.68. The first kappa shape index (κ1) is 15.8. The van der Waals surface area contributed by atoms with Crippen molar-refractivity contribution < 1.29 is 13.8 Å². The molecule has 8 nitrogen and oxygen atoms in total. The van der Waals surface area contributed by atoms with Crippen molar-refractivity contribution in [3.63, 3.8) is 0 Å². The van der Waals surface area contributed by atoms with Crippen molar-refractivity contribution in [2.24, 2.45) is 0 Å². The second kappa shape index (κ2) is 6.67. The average Bonchev–Trinajstić information content (AvgIpc) is 3.30. The molecule has 130 valence electrons. The number of aromatic nitrogens is 4. The Morgan fingerprint density at radius 1 is 0.962 bits per heavy atom. The summed E-state index contributed by atoms with van der Waals surface area (Å²) in [5.41, 5.74) is 1.54.